The summed E-state index contributed by atoms with van der Waals surface area (Å²) in [5.74, 6) is 0. The second kappa shape index (κ2) is 4.94. The zero-order valence-electron chi connectivity index (χ0n) is 9.60. The molecule has 0 amide bonds. The molecule has 3 rings (SSSR count). The van der Waals surface area contributed by atoms with Crippen molar-refractivity contribution in [2.45, 2.75) is 0 Å². The molecular formula is C15H11IN2. The summed E-state index contributed by atoms with van der Waals surface area (Å²) in [5, 5.41) is 4.56. The molecule has 0 aliphatic carbocycles. The van der Waals surface area contributed by atoms with Gasteiger partial charge in [0.2, 0.25) is 0 Å². The molecule has 0 spiro atoms. The van der Waals surface area contributed by atoms with Crippen LogP contribution in [0.5, 0.6) is 0 Å². The zero-order chi connectivity index (χ0) is 12.4. The second-order valence-electron chi connectivity index (χ2n) is 4.02. The molecule has 0 fully saturated rings. The van der Waals surface area contributed by atoms with Crippen molar-refractivity contribution in [1.82, 2.24) is 4.98 Å². The molecule has 1 aromatic heterocycles. The summed E-state index contributed by atoms with van der Waals surface area (Å²) in [5.41, 5.74) is 3.16. The van der Waals surface area contributed by atoms with E-state index in [1.807, 2.05) is 42.6 Å². The Labute approximate surface area is 119 Å². The van der Waals surface area contributed by atoms with E-state index in [0.29, 0.717) is 0 Å². The van der Waals surface area contributed by atoms with E-state index in [0.717, 1.165) is 16.9 Å². The number of benzene rings is 2. The van der Waals surface area contributed by atoms with Crippen LogP contribution in [0.25, 0.3) is 10.9 Å². The van der Waals surface area contributed by atoms with Gasteiger partial charge in [0.05, 0.1) is 5.52 Å². The number of nitrogens with zero attached hydrogens (tertiary/aromatic N) is 1. The number of para-hydroxylation sites is 1. The van der Waals surface area contributed by atoms with Crippen LogP contribution >= 0.6 is 22.6 Å². The van der Waals surface area contributed by atoms with Crippen LogP contribution in [0.2, 0.25) is 0 Å². The first-order chi connectivity index (χ1) is 8.83. The highest BCUT2D eigenvalue weighted by atomic mass is 127. The Morgan fingerprint density at radius 3 is 2.56 bits per heavy atom. The third-order valence-electron chi connectivity index (χ3n) is 2.75. The number of nitrogens with one attached hydrogen (secondary N) is 1. The van der Waals surface area contributed by atoms with Crippen molar-refractivity contribution in [2.24, 2.45) is 0 Å². The summed E-state index contributed by atoms with van der Waals surface area (Å²) in [6, 6.07) is 18.4. The number of fused-ring (bicyclic) bond motifs is 1. The van der Waals surface area contributed by atoms with Gasteiger partial charge < -0.3 is 5.32 Å². The average Bonchev–Trinajstić information content (AvgIpc) is 2.40. The predicted octanol–water partition coefficient (Wildman–Crippen LogP) is 4.58. The quantitative estimate of drug-likeness (QED) is 0.687. The van der Waals surface area contributed by atoms with Crippen molar-refractivity contribution in [3.63, 3.8) is 0 Å². The molecule has 3 heteroatoms. The van der Waals surface area contributed by atoms with E-state index in [-0.39, 0.29) is 0 Å². The van der Waals surface area contributed by atoms with Gasteiger partial charge in [0.25, 0.3) is 0 Å². The number of rotatable bonds is 2. The highest BCUT2D eigenvalue weighted by molar-refractivity contribution is 14.1. The Balaban J connectivity index is 1.99. The number of anilines is 2. The topological polar surface area (TPSA) is 24.9 Å². The van der Waals surface area contributed by atoms with Crippen molar-refractivity contribution in [3.8, 4) is 0 Å². The molecular weight excluding hydrogens is 335 g/mol. The summed E-state index contributed by atoms with van der Waals surface area (Å²) in [4.78, 5) is 4.40. The number of hydrogen-bond acceptors (Lipinski definition) is 2. The Kier molecular flexibility index (Phi) is 3.15. The van der Waals surface area contributed by atoms with Gasteiger partial charge in [0.1, 0.15) is 0 Å². The molecule has 1 N–H and O–H groups in total. The van der Waals surface area contributed by atoms with Gasteiger partial charge in [-0.2, -0.15) is 0 Å². The molecule has 2 nitrogen and oxygen atoms in total. The molecule has 88 valence electrons. The van der Waals surface area contributed by atoms with Gasteiger partial charge in [-0.15, -0.1) is 0 Å². The first kappa shape index (κ1) is 11.5. The van der Waals surface area contributed by atoms with Crippen LogP contribution in [0.4, 0.5) is 11.4 Å². The van der Waals surface area contributed by atoms with Crippen LogP contribution in [-0.2, 0) is 0 Å². The van der Waals surface area contributed by atoms with Crippen LogP contribution in [-0.4, -0.2) is 4.98 Å². The van der Waals surface area contributed by atoms with Crippen molar-refractivity contribution in [3.05, 3.63) is 64.4 Å². The van der Waals surface area contributed by atoms with E-state index in [1.165, 1.54) is 8.96 Å². The van der Waals surface area contributed by atoms with E-state index in [9.17, 15) is 0 Å². The van der Waals surface area contributed by atoms with Crippen molar-refractivity contribution in [2.75, 3.05) is 5.32 Å². The largest absolute Gasteiger partial charge is 0.355 e. The summed E-state index contributed by atoms with van der Waals surface area (Å²) in [6.07, 6.45) is 1.84. The summed E-state index contributed by atoms with van der Waals surface area (Å²) in [7, 11) is 0. The zero-order valence-corrected chi connectivity index (χ0v) is 11.8. The number of pyridine rings is 1. The second-order valence-corrected chi connectivity index (χ2v) is 5.18. The average molecular weight is 346 g/mol. The lowest BCUT2D eigenvalue weighted by molar-refractivity contribution is 1.40. The lowest BCUT2D eigenvalue weighted by atomic mass is 10.2. The highest BCUT2D eigenvalue weighted by Crippen LogP contribution is 2.23. The van der Waals surface area contributed by atoms with E-state index in [2.05, 4.69) is 51.1 Å². The predicted molar refractivity (Wildman–Crippen MR) is 84.2 cm³/mol. The van der Waals surface area contributed by atoms with Gasteiger partial charge in [-0.3, -0.25) is 4.98 Å². The third-order valence-corrected chi connectivity index (χ3v) is 3.69. The minimum atomic E-state index is 1.02. The molecule has 0 atom stereocenters. The number of halogens is 1. The first-order valence-electron chi connectivity index (χ1n) is 5.69. The van der Waals surface area contributed by atoms with Crippen LogP contribution in [0.15, 0.2) is 60.8 Å². The van der Waals surface area contributed by atoms with E-state index < -0.39 is 0 Å². The molecule has 0 aliphatic heterocycles. The Hall–Kier alpha value is -1.62. The minimum absolute atomic E-state index is 1.02. The van der Waals surface area contributed by atoms with Crippen LogP contribution in [0, 0.1) is 3.57 Å². The number of hydrogen-bond donors (Lipinski definition) is 1. The monoisotopic (exact) mass is 346 g/mol. The fourth-order valence-corrected chi connectivity index (χ4v) is 2.50. The molecule has 0 saturated heterocycles. The number of aromatic nitrogens is 1. The summed E-state index contributed by atoms with van der Waals surface area (Å²) in [6.45, 7) is 0. The Bertz CT molecular complexity index is 680. The van der Waals surface area contributed by atoms with Crippen molar-refractivity contribution in [1.29, 1.82) is 0 Å². The molecule has 2 aromatic carbocycles. The lowest BCUT2D eigenvalue weighted by Crippen LogP contribution is -1.90. The first-order valence-corrected chi connectivity index (χ1v) is 6.77. The van der Waals surface area contributed by atoms with Crippen LogP contribution in [0.3, 0.4) is 0 Å². The maximum Gasteiger partial charge on any atom is 0.0733 e. The van der Waals surface area contributed by atoms with Crippen molar-refractivity contribution >= 4 is 44.9 Å². The molecule has 0 saturated carbocycles. The molecule has 1 heterocycles. The van der Waals surface area contributed by atoms with E-state index >= 15 is 0 Å². The van der Waals surface area contributed by atoms with Crippen LogP contribution < -0.4 is 5.32 Å². The molecule has 0 aliphatic rings. The standard InChI is InChI=1S/C15H11IN2/c16-14-8-9-17-15-10-12(6-7-13(14)15)18-11-4-2-1-3-5-11/h1-10,18H. The fourth-order valence-electron chi connectivity index (χ4n) is 1.88. The van der Waals surface area contributed by atoms with Gasteiger partial charge in [-0.1, -0.05) is 18.2 Å². The Morgan fingerprint density at radius 1 is 0.889 bits per heavy atom. The van der Waals surface area contributed by atoms with Gasteiger partial charge >= 0.3 is 0 Å². The minimum Gasteiger partial charge on any atom is -0.355 e. The van der Waals surface area contributed by atoms with E-state index in [1.54, 1.807) is 0 Å². The molecule has 3 aromatic rings. The van der Waals surface area contributed by atoms with Gasteiger partial charge in [-0.25, -0.2) is 0 Å². The molecule has 0 radical (unpaired) electrons. The normalized spacial score (nSPS) is 10.5. The maximum atomic E-state index is 4.40. The van der Waals surface area contributed by atoms with Crippen LogP contribution in [0.1, 0.15) is 0 Å². The van der Waals surface area contributed by atoms with Gasteiger partial charge in [-0.05, 0) is 59.0 Å². The maximum absolute atomic E-state index is 4.40. The highest BCUT2D eigenvalue weighted by Gasteiger charge is 2.01. The molecule has 0 unspecified atom stereocenters. The van der Waals surface area contributed by atoms with Crippen molar-refractivity contribution < 1.29 is 0 Å². The van der Waals surface area contributed by atoms with Gasteiger partial charge in [0.15, 0.2) is 0 Å². The molecule has 18 heavy (non-hydrogen) atoms. The summed E-state index contributed by atoms with van der Waals surface area (Å²) >= 11 is 2.33. The smallest absolute Gasteiger partial charge is 0.0733 e. The van der Waals surface area contributed by atoms with Gasteiger partial charge in [0, 0.05) is 26.5 Å². The SMILES string of the molecule is Ic1ccnc2cc(Nc3ccccc3)ccc12. The summed E-state index contributed by atoms with van der Waals surface area (Å²) < 4.78 is 1.23. The Morgan fingerprint density at radius 2 is 1.72 bits per heavy atom. The fraction of sp³-hybridized carbons (Fsp3) is 0. The lowest BCUT2D eigenvalue weighted by Gasteiger charge is -2.07. The van der Waals surface area contributed by atoms with E-state index in [4.69, 9.17) is 0 Å². The third kappa shape index (κ3) is 2.31. The molecule has 0 bridgehead atoms.